The molecule has 2 aliphatic rings. The molecular formula is C23H23NO2. The Bertz CT molecular complexity index is 816. The highest BCUT2D eigenvalue weighted by Crippen LogP contribution is 2.41. The summed E-state index contributed by atoms with van der Waals surface area (Å²) in [6.07, 6.45) is 11.0. The van der Waals surface area contributed by atoms with Crippen LogP contribution in [0, 0.1) is 0 Å². The van der Waals surface area contributed by atoms with E-state index in [9.17, 15) is 0 Å². The predicted octanol–water partition coefficient (Wildman–Crippen LogP) is 6.02. The van der Waals surface area contributed by atoms with Gasteiger partial charge in [0.25, 0.3) is 5.79 Å². The maximum atomic E-state index is 6.35. The molecule has 0 N–H and O–H groups in total. The monoisotopic (exact) mass is 345 g/mol. The van der Waals surface area contributed by atoms with Crippen molar-refractivity contribution < 1.29 is 9.47 Å². The maximum absolute atomic E-state index is 6.35. The highest BCUT2D eigenvalue weighted by molar-refractivity contribution is 5.77. The van der Waals surface area contributed by atoms with Gasteiger partial charge in [-0.1, -0.05) is 55.0 Å². The minimum atomic E-state index is -0.537. The smallest absolute Gasteiger partial charge is 0.251 e. The Kier molecular flexibility index (Phi) is 4.87. The molecule has 4 rings (SSSR count). The molecule has 0 unspecified atom stereocenters. The number of aliphatic imine (C=N–C) groups is 1. The molecule has 1 fully saturated rings. The molecular weight excluding hydrogens is 322 g/mol. The number of benzene rings is 2. The zero-order valence-electron chi connectivity index (χ0n) is 14.8. The summed E-state index contributed by atoms with van der Waals surface area (Å²) in [6, 6.07) is 20.1. The van der Waals surface area contributed by atoms with E-state index in [4.69, 9.17) is 9.47 Å². The maximum Gasteiger partial charge on any atom is 0.251 e. The summed E-state index contributed by atoms with van der Waals surface area (Å²) in [7, 11) is 0. The van der Waals surface area contributed by atoms with E-state index in [1.165, 1.54) is 6.42 Å². The number of para-hydroxylation sites is 1. The molecule has 2 aromatic carbocycles. The first-order chi connectivity index (χ1) is 12.8. The van der Waals surface area contributed by atoms with Crippen molar-refractivity contribution in [1.82, 2.24) is 0 Å². The molecule has 1 aliphatic heterocycles. The summed E-state index contributed by atoms with van der Waals surface area (Å²) < 4.78 is 12.6. The molecule has 1 aliphatic carbocycles. The fraction of sp³-hybridized carbons (Fsp3) is 0.261. The molecule has 1 spiro atoms. The van der Waals surface area contributed by atoms with E-state index < -0.39 is 5.79 Å². The zero-order valence-corrected chi connectivity index (χ0v) is 14.8. The highest BCUT2D eigenvalue weighted by Gasteiger charge is 2.40. The summed E-state index contributed by atoms with van der Waals surface area (Å²) in [5.41, 5.74) is 2.00. The van der Waals surface area contributed by atoms with Crippen LogP contribution in [0.5, 0.6) is 0 Å². The topological polar surface area (TPSA) is 30.8 Å². The molecule has 0 saturated heterocycles. The summed E-state index contributed by atoms with van der Waals surface area (Å²) in [5.74, 6) is 1.14. The number of hydrogen-bond donors (Lipinski definition) is 0. The standard InChI is InChI=1S/C23H23NO2/c1-4-10-19(11-5-1)22-18-21(14-17-24-20-12-6-2-7-13-20)25-23(26-22)15-8-3-9-16-23/h1-2,4-7,10-14,17-18H,3,8-9,15-16H2/b21-14+,24-17?. The molecule has 3 heteroatoms. The molecule has 0 atom stereocenters. The average molecular weight is 345 g/mol. The number of ether oxygens (including phenoxy) is 2. The quantitative estimate of drug-likeness (QED) is 0.637. The van der Waals surface area contributed by atoms with Gasteiger partial charge in [0, 0.05) is 30.7 Å². The largest absolute Gasteiger partial charge is 0.452 e. The fourth-order valence-corrected chi connectivity index (χ4v) is 3.46. The molecule has 0 bridgehead atoms. The predicted molar refractivity (Wildman–Crippen MR) is 105 cm³/mol. The molecule has 2 aromatic rings. The van der Waals surface area contributed by atoms with E-state index in [0.29, 0.717) is 0 Å². The van der Waals surface area contributed by atoms with Crippen LogP contribution in [0.1, 0.15) is 37.7 Å². The number of rotatable bonds is 3. The van der Waals surface area contributed by atoms with Crippen molar-refractivity contribution in [2.75, 3.05) is 0 Å². The van der Waals surface area contributed by atoms with Gasteiger partial charge in [-0.2, -0.15) is 0 Å². The molecule has 0 radical (unpaired) electrons. The van der Waals surface area contributed by atoms with Gasteiger partial charge in [0.05, 0.1) is 5.69 Å². The third-order valence-corrected chi connectivity index (χ3v) is 4.77. The van der Waals surface area contributed by atoms with Crippen LogP contribution in [0.25, 0.3) is 5.76 Å². The van der Waals surface area contributed by atoms with Crippen LogP contribution in [0.4, 0.5) is 5.69 Å². The van der Waals surface area contributed by atoms with Crippen molar-refractivity contribution in [3.8, 4) is 0 Å². The Morgan fingerprint density at radius 1 is 0.808 bits per heavy atom. The summed E-state index contributed by atoms with van der Waals surface area (Å²) in [6.45, 7) is 0. The third kappa shape index (κ3) is 3.88. The molecule has 0 amide bonds. The normalized spacial score (nSPS) is 20.6. The Morgan fingerprint density at radius 3 is 2.23 bits per heavy atom. The van der Waals surface area contributed by atoms with Crippen LogP contribution < -0.4 is 0 Å². The van der Waals surface area contributed by atoms with Crippen molar-refractivity contribution in [2.24, 2.45) is 4.99 Å². The molecule has 132 valence electrons. The Morgan fingerprint density at radius 2 is 1.50 bits per heavy atom. The van der Waals surface area contributed by atoms with Gasteiger partial charge in [-0.05, 0) is 31.1 Å². The van der Waals surface area contributed by atoms with Crippen molar-refractivity contribution in [3.05, 3.63) is 84.1 Å². The van der Waals surface area contributed by atoms with E-state index in [0.717, 1.165) is 48.5 Å². The number of hydrogen-bond acceptors (Lipinski definition) is 3. The SMILES string of the molecule is C(/C=C1\C=C(c2ccccc2)OC2(CCCCC2)O1)=Nc1ccccc1. The van der Waals surface area contributed by atoms with Crippen molar-refractivity contribution in [3.63, 3.8) is 0 Å². The second kappa shape index (κ2) is 7.61. The van der Waals surface area contributed by atoms with Gasteiger partial charge in [-0.15, -0.1) is 0 Å². The first kappa shape index (κ1) is 16.6. The minimum Gasteiger partial charge on any atom is -0.452 e. The van der Waals surface area contributed by atoms with Gasteiger partial charge in [0.15, 0.2) is 0 Å². The average Bonchev–Trinajstić information content (AvgIpc) is 2.70. The van der Waals surface area contributed by atoms with E-state index in [2.05, 4.69) is 17.1 Å². The Balaban J connectivity index is 1.63. The van der Waals surface area contributed by atoms with Gasteiger partial charge in [0.1, 0.15) is 11.5 Å². The number of nitrogens with zero attached hydrogens (tertiary/aromatic N) is 1. The van der Waals surface area contributed by atoms with Crippen LogP contribution in [0.15, 0.2) is 83.6 Å². The van der Waals surface area contributed by atoms with Crippen LogP contribution in [0.2, 0.25) is 0 Å². The lowest BCUT2D eigenvalue weighted by Crippen LogP contribution is -2.39. The van der Waals surface area contributed by atoms with E-state index in [1.807, 2.05) is 60.7 Å². The lowest BCUT2D eigenvalue weighted by Gasteiger charge is -2.41. The molecule has 1 heterocycles. The van der Waals surface area contributed by atoms with Crippen LogP contribution in [0.3, 0.4) is 0 Å². The summed E-state index contributed by atoms with van der Waals surface area (Å²) in [4.78, 5) is 4.48. The summed E-state index contributed by atoms with van der Waals surface area (Å²) in [5, 5.41) is 0. The Hall–Kier alpha value is -2.81. The zero-order chi connectivity index (χ0) is 17.7. The molecule has 3 nitrogen and oxygen atoms in total. The van der Waals surface area contributed by atoms with Crippen molar-refractivity contribution >= 4 is 17.7 Å². The number of allylic oxidation sites excluding steroid dienone is 2. The lowest BCUT2D eigenvalue weighted by molar-refractivity contribution is -0.196. The molecule has 1 saturated carbocycles. The first-order valence-electron chi connectivity index (χ1n) is 9.28. The van der Waals surface area contributed by atoms with E-state index >= 15 is 0 Å². The van der Waals surface area contributed by atoms with Crippen LogP contribution in [-0.4, -0.2) is 12.0 Å². The van der Waals surface area contributed by atoms with Gasteiger partial charge in [0.2, 0.25) is 0 Å². The van der Waals surface area contributed by atoms with Crippen molar-refractivity contribution in [2.45, 2.75) is 37.9 Å². The van der Waals surface area contributed by atoms with Gasteiger partial charge < -0.3 is 9.47 Å². The van der Waals surface area contributed by atoms with Crippen LogP contribution >= 0.6 is 0 Å². The lowest BCUT2D eigenvalue weighted by atomic mass is 9.93. The fourth-order valence-electron chi connectivity index (χ4n) is 3.46. The molecule has 0 aromatic heterocycles. The van der Waals surface area contributed by atoms with Crippen molar-refractivity contribution in [1.29, 1.82) is 0 Å². The van der Waals surface area contributed by atoms with Gasteiger partial charge in [-0.25, -0.2) is 0 Å². The Labute approximate surface area is 154 Å². The minimum absolute atomic E-state index is 0.537. The molecule has 26 heavy (non-hydrogen) atoms. The summed E-state index contributed by atoms with van der Waals surface area (Å²) >= 11 is 0. The van der Waals surface area contributed by atoms with E-state index in [1.54, 1.807) is 6.21 Å². The first-order valence-corrected chi connectivity index (χ1v) is 9.28. The second-order valence-corrected chi connectivity index (χ2v) is 6.73. The van der Waals surface area contributed by atoms with Crippen LogP contribution in [-0.2, 0) is 9.47 Å². The highest BCUT2D eigenvalue weighted by atomic mass is 16.7. The van der Waals surface area contributed by atoms with Gasteiger partial charge >= 0.3 is 0 Å². The van der Waals surface area contributed by atoms with E-state index in [-0.39, 0.29) is 0 Å². The third-order valence-electron chi connectivity index (χ3n) is 4.77. The second-order valence-electron chi connectivity index (χ2n) is 6.73. The van der Waals surface area contributed by atoms with Gasteiger partial charge in [-0.3, -0.25) is 4.99 Å².